The van der Waals surface area contributed by atoms with Crippen LogP contribution in [0.15, 0.2) is 18.6 Å². The Morgan fingerprint density at radius 1 is 1.09 bits per heavy atom. The molecule has 23 heavy (non-hydrogen) atoms. The van der Waals surface area contributed by atoms with Crippen LogP contribution in [0.25, 0.3) is 0 Å². The minimum Gasteiger partial charge on any atom is -0.494 e. The van der Waals surface area contributed by atoms with E-state index in [0.717, 1.165) is 18.4 Å². The molecule has 2 rings (SSSR count). The third-order valence-corrected chi connectivity index (χ3v) is 4.85. The zero-order valence-electron chi connectivity index (χ0n) is 13.2. The highest BCUT2D eigenvalue weighted by atomic mass is 35.5. The van der Waals surface area contributed by atoms with Gasteiger partial charge in [-0.25, -0.2) is 4.98 Å². The van der Waals surface area contributed by atoms with Crippen LogP contribution in [-0.4, -0.2) is 17.1 Å². The van der Waals surface area contributed by atoms with Gasteiger partial charge in [-0.05, 0) is 24.3 Å². The molecule has 0 aliphatic rings. The minimum atomic E-state index is 0.212. The average molecular weight is 375 g/mol. The van der Waals surface area contributed by atoms with Crippen LogP contribution in [-0.2, 0) is 0 Å². The Balaban J connectivity index is 2.63. The van der Waals surface area contributed by atoms with Gasteiger partial charge in [0.05, 0.1) is 29.0 Å². The Morgan fingerprint density at radius 3 is 2.30 bits per heavy atom. The molecule has 1 aromatic heterocycles. The molecular weight excluding hydrogens is 357 g/mol. The van der Waals surface area contributed by atoms with E-state index < -0.39 is 0 Å². The summed E-state index contributed by atoms with van der Waals surface area (Å²) in [6.45, 7) is 4.19. The summed E-state index contributed by atoms with van der Waals surface area (Å²) in [7, 11) is 1.53. The fraction of sp³-hybridized carbons (Fsp3) is 0.375. The van der Waals surface area contributed by atoms with Crippen molar-refractivity contribution >= 4 is 46.3 Å². The van der Waals surface area contributed by atoms with Crippen molar-refractivity contribution < 1.29 is 4.74 Å². The van der Waals surface area contributed by atoms with E-state index in [9.17, 15) is 0 Å². The SMILES string of the molecule is CCC(CC)c1c(Cl)c(Nc2cnccn2)c(Cl)c(OC)c1Cl. The van der Waals surface area contributed by atoms with Gasteiger partial charge in [0.1, 0.15) is 10.8 Å². The highest BCUT2D eigenvalue weighted by Crippen LogP contribution is 2.50. The third-order valence-electron chi connectivity index (χ3n) is 3.72. The Bertz CT molecular complexity index is 676. The Morgan fingerprint density at radius 2 is 1.78 bits per heavy atom. The van der Waals surface area contributed by atoms with E-state index in [2.05, 4.69) is 29.1 Å². The van der Waals surface area contributed by atoms with Gasteiger partial charge in [0.15, 0.2) is 5.75 Å². The van der Waals surface area contributed by atoms with E-state index in [1.807, 2.05) is 0 Å². The van der Waals surface area contributed by atoms with Crippen LogP contribution in [0, 0.1) is 0 Å². The number of anilines is 2. The number of nitrogens with one attached hydrogen (secondary N) is 1. The highest BCUT2D eigenvalue weighted by Gasteiger charge is 2.26. The van der Waals surface area contributed by atoms with Gasteiger partial charge in [0.2, 0.25) is 0 Å². The van der Waals surface area contributed by atoms with Crippen molar-refractivity contribution in [3.05, 3.63) is 39.2 Å². The first kappa shape index (κ1) is 18.1. The molecule has 0 aliphatic carbocycles. The number of ether oxygens (including phenoxy) is 1. The van der Waals surface area contributed by atoms with Crippen LogP contribution in [0.5, 0.6) is 5.75 Å². The maximum atomic E-state index is 6.62. The molecule has 0 unspecified atom stereocenters. The van der Waals surface area contributed by atoms with Crippen LogP contribution in [0.4, 0.5) is 11.5 Å². The summed E-state index contributed by atoms with van der Waals surface area (Å²) >= 11 is 19.5. The van der Waals surface area contributed by atoms with Crippen molar-refractivity contribution in [3.8, 4) is 5.75 Å². The molecule has 1 aromatic carbocycles. The van der Waals surface area contributed by atoms with E-state index in [-0.39, 0.29) is 5.92 Å². The van der Waals surface area contributed by atoms with Crippen molar-refractivity contribution in [3.63, 3.8) is 0 Å². The lowest BCUT2D eigenvalue weighted by atomic mass is 9.93. The fourth-order valence-corrected chi connectivity index (χ4v) is 3.77. The smallest absolute Gasteiger partial charge is 0.158 e. The second-order valence-corrected chi connectivity index (χ2v) is 6.13. The van der Waals surface area contributed by atoms with Crippen LogP contribution >= 0.6 is 34.8 Å². The first-order chi connectivity index (χ1) is 11.0. The summed E-state index contributed by atoms with van der Waals surface area (Å²) in [6, 6.07) is 0. The number of hydrogen-bond donors (Lipinski definition) is 1. The molecule has 0 spiro atoms. The van der Waals surface area contributed by atoms with Crippen molar-refractivity contribution in [1.82, 2.24) is 9.97 Å². The van der Waals surface area contributed by atoms with E-state index in [1.54, 1.807) is 18.6 Å². The Hall–Kier alpha value is -1.23. The molecule has 1 N–H and O–H groups in total. The van der Waals surface area contributed by atoms with Gasteiger partial charge in [-0.15, -0.1) is 0 Å². The number of nitrogens with zero attached hydrogens (tertiary/aromatic N) is 2. The molecule has 2 aromatic rings. The van der Waals surface area contributed by atoms with Gasteiger partial charge < -0.3 is 10.1 Å². The van der Waals surface area contributed by atoms with Crippen LogP contribution in [0.1, 0.15) is 38.2 Å². The largest absolute Gasteiger partial charge is 0.494 e. The van der Waals surface area contributed by atoms with Gasteiger partial charge in [0, 0.05) is 12.4 Å². The minimum absolute atomic E-state index is 0.212. The van der Waals surface area contributed by atoms with E-state index in [4.69, 9.17) is 39.5 Å². The van der Waals surface area contributed by atoms with Crippen LogP contribution < -0.4 is 10.1 Å². The molecule has 0 radical (unpaired) electrons. The predicted molar refractivity (Wildman–Crippen MR) is 96.7 cm³/mol. The third kappa shape index (κ3) is 3.65. The average Bonchev–Trinajstić information content (AvgIpc) is 2.57. The van der Waals surface area contributed by atoms with Gasteiger partial charge in [0.25, 0.3) is 0 Å². The van der Waals surface area contributed by atoms with Crippen LogP contribution in [0.3, 0.4) is 0 Å². The quantitative estimate of drug-likeness (QED) is 0.664. The lowest BCUT2D eigenvalue weighted by molar-refractivity contribution is 0.414. The van der Waals surface area contributed by atoms with Gasteiger partial charge in [-0.1, -0.05) is 48.7 Å². The lowest BCUT2D eigenvalue weighted by Gasteiger charge is -2.22. The number of benzene rings is 1. The van der Waals surface area contributed by atoms with E-state index in [0.29, 0.717) is 32.3 Å². The van der Waals surface area contributed by atoms with E-state index in [1.165, 1.54) is 7.11 Å². The van der Waals surface area contributed by atoms with Crippen molar-refractivity contribution in [1.29, 1.82) is 0 Å². The van der Waals surface area contributed by atoms with Gasteiger partial charge >= 0.3 is 0 Å². The van der Waals surface area contributed by atoms with Crippen molar-refractivity contribution in [2.24, 2.45) is 0 Å². The molecule has 0 aliphatic heterocycles. The summed E-state index contributed by atoms with van der Waals surface area (Å²) in [5, 5.41) is 4.38. The van der Waals surface area contributed by atoms with E-state index >= 15 is 0 Å². The Labute approximate surface area is 151 Å². The lowest BCUT2D eigenvalue weighted by Crippen LogP contribution is -2.05. The summed E-state index contributed by atoms with van der Waals surface area (Å²) in [5.41, 5.74) is 1.36. The summed E-state index contributed by atoms with van der Waals surface area (Å²) in [4.78, 5) is 8.21. The zero-order chi connectivity index (χ0) is 17.0. The standard InChI is InChI=1S/C16H18Cl3N3O/c1-4-9(5-2)11-12(17)15(14(19)16(23-3)13(11)18)22-10-8-20-6-7-21-10/h6-9H,4-5H2,1-3H3,(H,21,22). The molecule has 0 amide bonds. The molecule has 0 bridgehead atoms. The summed E-state index contributed by atoms with van der Waals surface area (Å²) in [5.74, 6) is 1.16. The molecule has 0 fully saturated rings. The highest BCUT2D eigenvalue weighted by molar-refractivity contribution is 6.44. The monoisotopic (exact) mass is 373 g/mol. The zero-order valence-corrected chi connectivity index (χ0v) is 15.4. The first-order valence-corrected chi connectivity index (χ1v) is 8.45. The number of hydrogen-bond acceptors (Lipinski definition) is 4. The topological polar surface area (TPSA) is 47.0 Å². The van der Waals surface area contributed by atoms with Crippen molar-refractivity contribution in [2.45, 2.75) is 32.6 Å². The summed E-state index contributed by atoms with van der Waals surface area (Å²) < 4.78 is 5.39. The van der Waals surface area contributed by atoms with Gasteiger partial charge in [-0.2, -0.15) is 0 Å². The molecule has 124 valence electrons. The maximum Gasteiger partial charge on any atom is 0.158 e. The molecule has 1 heterocycles. The number of methoxy groups -OCH3 is 1. The second kappa shape index (κ2) is 8.04. The maximum absolute atomic E-state index is 6.62. The number of aromatic nitrogens is 2. The molecule has 0 atom stereocenters. The molecule has 4 nitrogen and oxygen atoms in total. The van der Waals surface area contributed by atoms with Crippen LogP contribution in [0.2, 0.25) is 15.1 Å². The normalized spacial score (nSPS) is 10.9. The first-order valence-electron chi connectivity index (χ1n) is 7.32. The molecular formula is C16H18Cl3N3O. The predicted octanol–water partition coefficient (Wildman–Crippen LogP) is 6.09. The van der Waals surface area contributed by atoms with Gasteiger partial charge in [-0.3, -0.25) is 4.98 Å². The number of halogens is 3. The molecule has 0 saturated carbocycles. The summed E-state index contributed by atoms with van der Waals surface area (Å²) in [6.07, 6.45) is 6.58. The molecule has 0 saturated heterocycles. The fourth-order valence-electron chi connectivity index (χ4n) is 2.50. The second-order valence-electron chi connectivity index (χ2n) is 4.99. The molecule has 7 heteroatoms. The van der Waals surface area contributed by atoms with Crippen molar-refractivity contribution in [2.75, 3.05) is 12.4 Å². The number of rotatable bonds is 6. The Kier molecular flexibility index (Phi) is 6.33.